The van der Waals surface area contributed by atoms with E-state index in [2.05, 4.69) is 29.0 Å². The van der Waals surface area contributed by atoms with Crippen molar-refractivity contribution in [1.29, 1.82) is 0 Å². The fourth-order valence-electron chi connectivity index (χ4n) is 2.90. The Hall–Kier alpha value is -0.320. The summed E-state index contributed by atoms with van der Waals surface area (Å²) in [7, 11) is 0. The van der Waals surface area contributed by atoms with Crippen LogP contribution in [0, 0.1) is 11.8 Å². The maximum Gasteiger partial charge on any atom is 0.228 e. The largest absolute Gasteiger partial charge is 0.342 e. The van der Waals surface area contributed by atoms with Crippen molar-refractivity contribution in [2.24, 2.45) is 11.8 Å². The van der Waals surface area contributed by atoms with Crippen molar-refractivity contribution in [3.8, 4) is 0 Å². The summed E-state index contributed by atoms with van der Waals surface area (Å²) in [6.45, 7) is 11.7. The molecule has 1 N–H and O–H groups in total. The Bertz CT molecular complexity index is 272. The zero-order valence-corrected chi connectivity index (χ0v) is 13.0. The number of rotatable bonds is 5. The summed E-state index contributed by atoms with van der Waals surface area (Å²) in [6, 6.07) is 0. The maximum atomic E-state index is 12.1. The fraction of sp³-hybridized carbons (Fsp3) is 0.929. The first-order valence-electron chi connectivity index (χ1n) is 7.46. The third kappa shape index (κ3) is 4.33. The van der Waals surface area contributed by atoms with Crippen LogP contribution in [0.5, 0.6) is 0 Å². The predicted molar refractivity (Wildman–Crippen MR) is 80.7 cm³/mol. The summed E-state index contributed by atoms with van der Waals surface area (Å²) in [4.78, 5) is 16.7. The van der Waals surface area contributed by atoms with Gasteiger partial charge in [-0.2, -0.15) is 0 Å². The number of hydrogen-bond acceptors (Lipinski definition) is 3. The van der Waals surface area contributed by atoms with Gasteiger partial charge >= 0.3 is 0 Å². The van der Waals surface area contributed by atoms with Gasteiger partial charge in [0.1, 0.15) is 0 Å². The lowest BCUT2D eigenvalue weighted by atomic mass is 9.94. The molecule has 2 heterocycles. The van der Waals surface area contributed by atoms with Gasteiger partial charge in [0.05, 0.1) is 5.92 Å². The number of halogens is 1. The van der Waals surface area contributed by atoms with Crippen molar-refractivity contribution < 1.29 is 4.79 Å². The molecule has 0 aromatic carbocycles. The van der Waals surface area contributed by atoms with E-state index in [9.17, 15) is 4.79 Å². The second kappa shape index (κ2) is 8.08. The molecule has 2 saturated heterocycles. The van der Waals surface area contributed by atoms with Crippen LogP contribution >= 0.6 is 12.4 Å². The van der Waals surface area contributed by atoms with E-state index in [4.69, 9.17) is 0 Å². The quantitative estimate of drug-likeness (QED) is 0.826. The molecule has 0 aliphatic carbocycles. The monoisotopic (exact) mass is 289 g/mol. The molecule has 2 rings (SSSR count). The minimum atomic E-state index is 0. The lowest BCUT2D eigenvalue weighted by Crippen LogP contribution is -2.53. The van der Waals surface area contributed by atoms with E-state index >= 15 is 0 Å². The average molecular weight is 290 g/mol. The van der Waals surface area contributed by atoms with Gasteiger partial charge in [0.15, 0.2) is 0 Å². The molecule has 0 spiro atoms. The average Bonchev–Trinajstić information content (AvgIpc) is 2.34. The Morgan fingerprint density at radius 3 is 2.21 bits per heavy atom. The van der Waals surface area contributed by atoms with E-state index in [0.717, 1.165) is 45.2 Å². The Kier molecular flexibility index (Phi) is 7.11. The molecule has 2 aliphatic rings. The van der Waals surface area contributed by atoms with E-state index < -0.39 is 0 Å². The summed E-state index contributed by atoms with van der Waals surface area (Å²) in [5.41, 5.74) is 0. The molecule has 19 heavy (non-hydrogen) atoms. The summed E-state index contributed by atoms with van der Waals surface area (Å²) < 4.78 is 0. The molecule has 0 aromatic rings. The summed E-state index contributed by atoms with van der Waals surface area (Å²) in [6.07, 6.45) is 2.37. The third-order valence-corrected chi connectivity index (χ3v) is 4.47. The number of likely N-dealkylation sites (tertiary alicyclic amines) is 1. The molecule has 0 bridgehead atoms. The second-order valence-corrected chi connectivity index (χ2v) is 5.61. The van der Waals surface area contributed by atoms with Gasteiger partial charge in [0.2, 0.25) is 5.91 Å². The van der Waals surface area contributed by atoms with Gasteiger partial charge in [-0.15, -0.1) is 12.4 Å². The smallest absolute Gasteiger partial charge is 0.228 e. The van der Waals surface area contributed by atoms with Gasteiger partial charge in [-0.25, -0.2) is 0 Å². The Balaban J connectivity index is 0.00000180. The van der Waals surface area contributed by atoms with Crippen molar-refractivity contribution in [3.05, 3.63) is 0 Å². The molecular formula is C14H28ClN3O. The van der Waals surface area contributed by atoms with E-state index in [0.29, 0.717) is 5.91 Å². The molecule has 0 unspecified atom stereocenters. The van der Waals surface area contributed by atoms with E-state index in [-0.39, 0.29) is 18.3 Å². The van der Waals surface area contributed by atoms with Crippen LogP contribution < -0.4 is 5.32 Å². The number of nitrogens with zero attached hydrogens (tertiary/aromatic N) is 2. The molecule has 112 valence electrons. The van der Waals surface area contributed by atoms with Crippen LogP contribution in [0.15, 0.2) is 0 Å². The van der Waals surface area contributed by atoms with Crippen LogP contribution in [0.1, 0.15) is 26.7 Å². The number of amides is 1. The van der Waals surface area contributed by atoms with Crippen LogP contribution in [0.4, 0.5) is 0 Å². The molecule has 2 aliphatic heterocycles. The van der Waals surface area contributed by atoms with Crippen LogP contribution in [-0.4, -0.2) is 61.5 Å². The summed E-state index contributed by atoms with van der Waals surface area (Å²) in [5, 5.41) is 3.18. The van der Waals surface area contributed by atoms with Crippen molar-refractivity contribution in [3.63, 3.8) is 0 Å². The van der Waals surface area contributed by atoms with E-state index in [1.807, 2.05) is 0 Å². The Labute approximate surface area is 123 Å². The van der Waals surface area contributed by atoms with Gasteiger partial charge in [-0.3, -0.25) is 4.79 Å². The van der Waals surface area contributed by atoms with Crippen molar-refractivity contribution >= 4 is 18.3 Å². The van der Waals surface area contributed by atoms with Crippen molar-refractivity contribution in [2.75, 3.05) is 45.8 Å². The number of hydrogen-bond donors (Lipinski definition) is 1. The third-order valence-electron chi connectivity index (χ3n) is 4.47. The summed E-state index contributed by atoms with van der Waals surface area (Å²) in [5.74, 6) is 1.44. The molecule has 0 radical (unpaired) electrons. The zero-order chi connectivity index (χ0) is 13.0. The molecule has 1 amide bonds. The maximum absolute atomic E-state index is 12.1. The molecule has 2 fully saturated rings. The predicted octanol–water partition coefficient (Wildman–Crippen LogP) is 1.21. The first-order chi connectivity index (χ1) is 8.74. The normalized spacial score (nSPS) is 21.1. The standard InChI is InChI=1S/C14H27N3O.ClH/c1-3-16(4-2)11-12-5-7-17(8-6-12)14(18)13-9-15-10-13;/h12-13,15H,3-11H2,1-2H3;1H. The molecule has 0 saturated carbocycles. The molecule has 0 atom stereocenters. The number of piperidine rings is 1. The molecule has 5 heteroatoms. The summed E-state index contributed by atoms with van der Waals surface area (Å²) >= 11 is 0. The van der Waals surface area contributed by atoms with Crippen LogP contribution in [0.2, 0.25) is 0 Å². The molecule has 4 nitrogen and oxygen atoms in total. The van der Waals surface area contributed by atoms with E-state index in [1.54, 1.807) is 0 Å². The minimum Gasteiger partial charge on any atom is -0.342 e. The first kappa shape index (κ1) is 16.7. The lowest BCUT2D eigenvalue weighted by Gasteiger charge is -2.38. The van der Waals surface area contributed by atoms with E-state index in [1.165, 1.54) is 19.4 Å². The van der Waals surface area contributed by atoms with Crippen LogP contribution in [-0.2, 0) is 4.79 Å². The highest BCUT2D eigenvalue weighted by molar-refractivity contribution is 5.85. The highest BCUT2D eigenvalue weighted by atomic mass is 35.5. The number of carbonyl (C=O) groups is 1. The van der Waals surface area contributed by atoms with Crippen molar-refractivity contribution in [1.82, 2.24) is 15.1 Å². The van der Waals surface area contributed by atoms with Crippen LogP contribution in [0.25, 0.3) is 0 Å². The lowest BCUT2D eigenvalue weighted by molar-refractivity contribution is -0.138. The topological polar surface area (TPSA) is 35.6 Å². The number of nitrogens with one attached hydrogen (secondary N) is 1. The second-order valence-electron chi connectivity index (χ2n) is 5.61. The first-order valence-corrected chi connectivity index (χ1v) is 7.46. The Morgan fingerprint density at radius 1 is 1.21 bits per heavy atom. The highest BCUT2D eigenvalue weighted by Crippen LogP contribution is 2.20. The van der Waals surface area contributed by atoms with Gasteiger partial charge in [-0.1, -0.05) is 13.8 Å². The van der Waals surface area contributed by atoms with Gasteiger partial charge < -0.3 is 15.1 Å². The fourth-order valence-corrected chi connectivity index (χ4v) is 2.90. The Morgan fingerprint density at radius 2 is 1.79 bits per heavy atom. The van der Waals surface area contributed by atoms with Gasteiger partial charge in [0.25, 0.3) is 0 Å². The minimum absolute atomic E-state index is 0. The molecular weight excluding hydrogens is 262 g/mol. The molecule has 0 aromatic heterocycles. The van der Waals surface area contributed by atoms with Crippen molar-refractivity contribution in [2.45, 2.75) is 26.7 Å². The van der Waals surface area contributed by atoms with Gasteiger partial charge in [0, 0.05) is 32.7 Å². The van der Waals surface area contributed by atoms with Crippen LogP contribution in [0.3, 0.4) is 0 Å². The SMILES string of the molecule is CCN(CC)CC1CCN(C(=O)C2CNC2)CC1.Cl. The zero-order valence-electron chi connectivity index (χ0n) is 12.2. The highest BCUT2D eigenvalue weighted by Gasteiger charge is 2.31. The number of carbonyl (C=O) groups excluding carboxylic acids is 1. The van der Waals surface area contributed by atoms with Gasteiger partial charge in [-0.05, 0) is 31.8 Å².